The van der Waals surface area contributed by atoms with E-state index in [1.165, 1.54) is 18.2 Å². The molecule has 0 bridgehead atoms. The van der Waals surface area contributed by atoms with Gasteiger partial charge in [-0.25, -0.2) is 9.37 Å². The SMILES string of the molecule is CCCCOCCOc1ccc(-c2ccc(F)c(/C=C/C(=O)Nc3ccc([S+]([O-])Cc4c(C)ncn4CC)cc3)c2)cc1. The van der Waals surface area contributed by atoms with Gasteiger partial charge in [0, 0.05) is 30.5 Å². The fourth-order valence-corrected chi connectivity index (χ4v) is 5.61. The summed E-state index contributed by atoms with van der Waals surface area (Å²) in [5.74, 6) is 0.273. The van der Waals surface area contributed by atoms with Crippen molar-refractivity contribution >= 4 is 28.8 Å². The van der Waals surface area contributed by atoms with Crippen LogP contribution in [-0.2, 0) is 33.0 Å². The molecule has 0 aliphatic rings. The monoisotopic (exact) mass is 603 g/mol. The highest BCUT2D eigenvalue weighted by Gasteiger charge is 2.17. The Balaban J connectivity index is 1.32. The van der Waals surface area contributed by atoms with Crippen LogP contribution in [0.25, 0.3) is 17.2 Å². The number of aryl methyl sites for hydroxylation is 2. The molecular weight excluding hydrogens is 565 g/mol. The first-order valence-corrected chi connectivity index (χ1v) is 15.8. The van der Waals surface area contributed by atoms with Crippen molar-refractivity contribution in [2.24, 2.45) is 0 Å². The van der Waals surface area contributed by atoms with Gasteiger partial charge in [0.2, 0.25) is 5.91 Å². The highest BCUT2D eigenvalue weighted by molar-refractivity contribution is 7.90. The molecule has 7 nitrogen and oxygen atoms in total. The van der Waals surface area contributed by atoms with Crippen LogP contribution in [0.4, 0.5) is 10.1 Å². The Morgan fingerprint density at radius 1 is 1.02 bits per heavy atom. The lowest BCUT2D eigenvalue weighted by atomic mass is 10.0. The minimum absolute atomic E-state index is 0.296. The van der Waals surface area contributed by atoms with Crippen LogP contribution in [-0.4, -0.2) is 39.8 Å². The average molecular weight is 604 g/mol. The molecule has 1 amide bonds. The molecule has 226 valence electrons. The van der Waals surface area contributed by atoms with Crippen LogP contribution in [0.3, 0.4) is 0 Å². The highest BCUT2D eigenvalue weighted by Crippen LogP contribution is 2.26. The van der Waals surface area contributed by atoms with Gasteiger partial charge in [0.05, 0.1) is 24.3 Å². The lowest BCUT2D eigenvalue weighted by molar-refractivity contribution is -0.111. The van der Waals surface area contributed by atoms with Gasteiger partial charge in [-0.15, -0.1) is 0 Å². The van der Waals surface area contributed by atoms with Crippen molar-refractivity contribution in [2.45, 2.75) is 50.8 Å². The van der Waals surface area contributed by atoms with Crippen molar-refractivity contribution in [1.82, 2.24) is 9.55 Å². The summed E-state index contributed by atoms with van der Waals surface area (Å²) in [6, 6.07) is 19.2. The number of rotatable bonds is 15. The normalized spacial score (nSPS) is 12.0. The van der Waals surface area contributed by atoms with Crippen molar-refractivity contribution in [2.75, 3.05) is 25.1 Å². The van der Waals surface area contributed by atoms with Gasteiger partial charge < -0.3 is 23.9 Å². The number of aromatic nitrogens is 2. The number of hydrogen-bond donors (Lipinski definition) is 1. The molecule has 4 aromatic rings. The molecule has 1 atom stereocenters. The van der Waals surface area contributed by atoms with E-state index < -0.39 is 22.9 Å². The number of carbonyl (C=O) groups excluding carboxylic acids is 1. The summed E-state index contributed by atoms with van der Waals surface area (Å²) >= 11 is -1.25. The molecule has 3 aromatic carbocycles. The molecule has 1 aromatic heterocycles. The van der Waals surface area contributed by atoms with Gasteiger partial charge in [-0.1, -0.05) is 31.5 Å². The molecule has 0 radical (unpaired) electrons. The third-order valence-electron chi connectivity index (χ3n) is 6.88. The predicted molar refractivity (Wildman–Crippen MR) is 170 cm³/mol. The first kappa shape index (κ1) is 32.0. The van der Waals surface area contributed by atoms with E-state index in [9.17, 15) is 13.7 Å². The highest BCUT2D eigenvalue weighted by atomic mass is 32.2. The molecule has 9 heteroatoms. The summed E-state index contributed by atoms with van der Waals surface area (Å²) in [6.45, 7) is 8.58. The number of nitrogens with zero attached hydrogens (tertiary/aromatic N) is 2. The summed E-state index contributed by atoms with van der Waals surface area (Å²) < 4.78 is 40.7. The van der Waals surface area contributed by atoms with Crippen LogP contribution in [0.1, 0.15) is 43.6 Å². The number of ether oxygens (including phenoxy) is 2. The van der Waals surface area contributed by atoms with E-state index in [1.54, 1.807) is 42.7 Å². The van der Waals surface area contributed by atoms with Gasteiger partial charge in [0.15, 0.2) is 10.6 Å². The Morgan fingerprint density at radius 2 is 1.77 bits per heavy atom. The average Bonchev–Trinajstić information content (AvgIpc) is 3.37. The summed E-state index contributed by atoms with van der Waals surface area (Å²) in [5.41, 5.74) is 4.38. The van der Waals surface area contributed by atoms with Crippen molar-refractivity contribution in [3.8, 4) is 16.9 Å². The number of amides is 1. The minimum Gasteiger partial charge on any atom is -0.611 e. The van der Waals surface area contributed by atoms with Gasteiger partial charge in [-0.2, -0.15) is 0 Å². The topological polar surface area (TPSA) is 88.4 Å². The van der Waals surface area contributed by atoms with E-state index in [0.29, 0.717) is 35.1 Å². The molecule has 0 saturated carbocycles. The Kier molecular flexibility index (Phi) is 12.0. The second-order valence-corrected chi connectivity index (χ2v) is 11.4. The van der Waals surface area contributed by atoms with Crippen LogP contribution in [0.2, 0.25) is 0 Å². The van der Waals surface area contributed by atoms with Crippen LogP contribution in [0, 0.1) is 12.7 Å². The first-order chi connectivity index (χ1) is 20.9. The standard InChI is InChI=1S/C34H38FN3O4S/c1-4-6-19-41-20-21-42-30-13-7-26(8-14-30)27-9-17-32(35)28(22-27)10-18-34(39)37-29-11-15-31(16-12-29)43(40)23-33-25(3)36-24-38(33)5-2/h7-18,22,24H,4-6,19-21,23H2,1-3H3,(H,37,39)/b18-10+. The number of unbranched alkanes of at least 4 members (excludes halogenated alkanes) is 1. The zero-order valence-corrected chi connectivity index (χ0v) is 25.7. The predicted octanol–water partition coefficient (Wildman–Crippen LogP) is 7.17. The van der Waals surface area contributed by atoms with E-state index in [1.807, 2.05) is 42.7 Å². The maximum absolute atomic E-state index is 14.6. The number of imidazole rings is 1. The van der Waals surface area contributed by atoms with Crippen molar-refractivity contribution < 1.29 is 23.2 Å². The minimum atomic E-state index is -1.25. The third kappa shape index (κ3) is 9.28. The summed E-state index contributed by atoms with van der Waals surface area (Å²) in [6.07, 6.45) is 6.65. The summed E-state index contributed by atoms with van der Waals surface area (Å²) in [7, 11) is 0. The first-order valence-electron chi connectivity index (χ1n) is 14.5. The molecule has 1 N–H and O–H groups in total. The Morgan fingerprint density at radius 3 is 2.49 bits per heavy atom. The lowest BCUT2D eigenvalue weighted by Crippen LogP contribution is -2.11. The molecule has 0 aliphatic carbocycles. The van der Waals surface area contributed by atoms with Gasteiger partial charge in [0.1, 0.15) is 18.2 Å². The van der Waals surface area contributed by atoms with Crippen molar-refractivity contribution in [3.05, 3.63) is 102 Å². The van der Waals surface area contributed by atoms with E-state index >= 15 is 0 Å². The molecule has 43 heavy (non-hydrogen) atoms. The van der Waals surface area contributed by atoms with E-state index in [0.717, 1.165) is 54.3 Å². The Bertz CT molecular complexity index is 1500. The molecule has 0 fully saturated rings. The smallest absolute Gasteiger partial charge is 0.248 e. The van der Waals surface area contributed by atoms with Gasteiger partial charge in [0.25, 0.3) is 0 Å². The number of hydrogen-bond acceptors (Lipinski definition) is 5. The molecule has 1 unspecified atom stereocenters. The molecule has 4 rings (SSSR count). The zero-order valence-electron chi connectivity index (χ0n) is 24.8. The van der Waals surface area contributed by atoms with Gasteiger partial charge >= 0.3 is 0 Å². The Hall–Kier alpha value is -3.92. The zero-order chi connectivity index (χ0) is 30.6. The van der Waals surface area contributed by atoms with Crippen LogP contribution in [0.15, 0.2) is 84.0 Å². The molecule has 0 spiro atoms. The number of nitrogens with one attached hydrogen (secondary N) is 1. The van der Waals surface area contributed by atoms with Crippen molar-refractivity contribution in [3.63, 3.8) is 0 Å². The number of benzene rings is 3. The van der Waals surface area contributed by atoms with Crippen LogP contribution in [0.5, 0.6) is 5.75 Å². The van der Waals surface area contributed by atoms with E-state index in [2.05, 4.69) is 17.2 Å². The lowest BCUT2D eigenvalue weighted by Gasteiger charge is -2.13. The molecular formula is C34H38FN3O4S. The third-order valence-corrected chi connectivity index (χ3v) is 8.22. The maximum atomic E-state index is 14.6. The summed E-state index contributed by atoms with van der Waals surface area (Å²) in [4.78, 5) is 17.5. The largest absolute Gasteiger partial charge is 0.611 e. The fraction of sp³-hybridized carbons (Fsp3) is 0.294. The van der Waals surface area contributed by atoms with Gasteiger partial charge in [-0.3, -0.25) is 4.79 Å². The second kappa shape index (κ2) is 16.1. The Labute approximate surface area is 255 Å². The number of anilines is 1. The quantitative estimate of drug-likeness (QED) is 0.0884. The second-order valence-electron chi connectivity index (χ2n) is 9.97. The maximum Gasteiger partial charge on any atom is 0.248 e. The van der Waals surface area contributed by atoms with Crippen molar-refractivity contribution in [1.29, 1.82) is 0 Å². The van der Waals surface area contributed by atoms with E-state index in [-0.39, 0.29) is 0 Å². The number of carbonyl (C=O) groups is 1. The van der Waals surface area contributed by atoms with Crippen LogP contribution < -0.4 is 10.1 Å². The van der Waals surface area contributed by atoms with E-state index in [4.69, 9.17) is 9.47 Å². The molecule has 1 heterocycles. The fourth-order valence-electron chi connectivity index (χ4n) is 4.38. The van der Waals surface area contributed by atoms with Crippen LogP contribution >= 0.6 is 0 Å². The molecule has 0 saturated heterocycles. The molecule has 0 aliphatic heterocycles. The van der Waals surface area contributed by atoms with Gasteiger partial charge in [-0.05, 0) is 97.2 Å². The summed E-state index contributed by atoms with van der Waals surface area (Å²) in [5, 5.41) is 2.77. The number of halogens is 1.